The highest BCUT2D eigenvalue weighted by Gasteiger charge is 2.10. The highest BCUT2D eigenvalue weighted by atomic mass is 16.2. The van der Waals surface area contributed by atoms with Gasteiger partial charge in [-0.2, -0.15) is 0 Å². The van der Waals surface area contributed by atoms with E-state index in [1.807, 2.05) is 37.3 Å². The first-order valence-corrected chi connectivity index (χ1v) is 5.99. The van der Waals surface area contributed by atoms with Crippen LogP contribution in [0.5, 0.6) is 0 Å². The molecule has 17 heavy (non-hydrogen) atoms. The number of nitrogens with one attached hydrogen (secondary N) is 2. The molecule has 1 aromatic rings. The van der Waals surface area contributed by atoms with Gasteiger partial charge < -0.3 is 16.4 Å². The summed E-state index contributed by atoms with van der Waals surface area (Å²) in [5.74, 6) is 0.0193. The van der Waals surface area contributed by atoms with Gasteiger partial charge in [-0.15, -0.1) is 0 Å². The first-order chi connectivity index (χ1) is 8.24. The lowest BCUT2D eigenvalue weighted by molar-refractivity contribution is -0.122. The zero-order valence-electron chi connectivity index (χ0n) is 10.3. The molecule has 94 valence electrons. The van der Waals surface area contributed by atoms with Gasteiger partial charge >= 0.3 is 0 Å². The topological polar surface area (TPSA) is 67.1 Å². The average Bonchev–Trinajstić information content (AvgIpc) is 2.37. The largest absolute Gasteiger partial charge is 0.351 e. The van der Waals surface area contributed by atoms with E-state index in [0.717, 1.165) is 18.5 Å². The Labute approximate surface area is 103 Å². The van der Waals surface area contributed by atoms with Gasteiger partial charge in [-0.05, 0) is 32.0 Å². The summed E-state index contributed by atoms with van der Waals surface area (Å²) in [5, 5.41) is 6.02. The predicted molar refractivity (Wildman–Crippen MR) is 69.4 cm³/mol. The molecule has 0 unspecified atom stereocenters. The van der Waals surface area contributed by atoms with E-state index in [2.05, 4.69) is 10.6 Å². The van der Waals surface area contributed by atoms with Gasteiger partial charge in [0.05, 0.1) is 6.04 Å². The van der Waals surface area contributed by atoms with Crippen molar-refractivity contribution >= 4 is 5.91 Å². The van der Waals surface area contributed by atoms with Gasteiger partial charge in [0, 0.05) is 6.54 Å². The lowest BCUT2D eigenvalue weighted by Crippen LogP contribution is -2.42. The molecule has 0 aliphatic rings. The number of benzene rings is 1. The van der Waals surface area contributed by atoms with E-state index in [1.165, 1.54) is 0 Å². The van der Waals surface area contributed by atoms with Gasteiger partial charge in [-0.3, -0.25) is 4.79 Å². The Morgan fingerprint density at radius 3 is 2.71 bits per heavy atom. The highest BCUT2D eigenvalue weighted by Crippen LogP contribution is 1.97. The average molecular weight is 235 g/mol. The van der Waals surface area contributed by atoms with Gasteiger partial charge in [0.2, 0.25) is 5.91 Å². The summed E-state index contributed by atoms with van der Waals surface area (Å²) in [6.45, 7) is 3.85. The minimum absolute atomic E-state index is 0.0193. The van der Waals surface area contributed by atoms with Crippen molar-refractivity contribution in [2.75, 3.05) is 13.1 Å². The van der Waals surface area contributed by atoms with Gasteiger partial charge in [0.25, 0.3) is 0 Å². The Bertz CT molecular complexity index is 327. The lowest BCUT2D eigenvalue weighted by Gasteiger charge is -2.13. The Balaban J connectivity index is 2.24. The van der Waals surface area contributed by atoms with E-state index in [9.17, 15) is 4.79 Å². The Hall–Kier alpha value is -1.39. The number of amides is 1. The van der Waals surface area contributed by atoms with Crippen LogP contribution in [0.3, 0.4) is 0 Å². The molecule has 0 aliphatic heterocycles. The second-order valence-electron chi connectivity index (χ2n) is 4.02. The fourth-order valence-corrected chi connectivity index (χ4v) is 1.45. The molecule has 1 rings (SSSR count). The van der Waals surface area contributed by atoms with Crippen molar-refractivity contribution < 1.29 is 4.79 Å². The summed E-state index contributed by atoms with van der Waals surface area (Å²) in [4.78, 5) is 11.7. The standard InChI is InChI=1S/C13H21N3O/c1-11(15-9-5-8-14)13(17)16-10-12-6-3-2-4-7-12/h2-4,6-7,11,15H,5,8-10,14H2,1H3,(H,16,17)/t11-/m0/s1. The van der Waals surface area contributed by atoms with Crippen molar-refractivity contribution in [3.8, 4) is 0 Å². The van der Waals surface area contributed by atoms with E-state index in [0.29, 0.717) is 13.1 Å². The molecule has 0 fully saturated rings. The highest BCUT2D eigenvalue weighted by molar-refractivity contribution is 5.81. The molecule has 0 spiro atoms. The lowest BCUT2D eigenvalue weighted by atomic mass is 10.2. The Morgan fingerprint density at radius 2 is 2.06 bits per heavy atom. The van der Waals surface area contributed by atoms with Crippen LogP contribution in [0.4, 0.5) is 0 Å². The van der Waals surface area contributed by atoms with Crippen molar-refractivity contribution in [3.63, 3.8) is 0 Å². The van der Waals surface area contributed by atoms with Crippen molar-refractivity contribution in [3.05, 3.63) is 35.9 Å². The van der Waals surface area contributed by atoms with Crippen LogP contribution in [0.1, 0.15) is 18.9 Å². The van der Waals surface area contributed by atoms with E-state index >= 15 is 0 Å². The first kappa shape index (κ1) is 13.7. The Kier molecular flexibility index (Phi) is 6.29. The molecule has 1 amide bonds. The molecule has 0 aliphatic carbocycles. The van der Waals surface area contributed by atoms with Crippen LogP contribution in [-0.2, 0) is 11.3 Å². The van der Waals surface area contributed by atoms with Crippen LogP contribution in [0.15, 0.2) is 30.3 Å². The number of hydrogen-bond donors (Lipinski definition) is 3. The monoisotopic (exact) mass is 235 g/mol. The van der Waals surface area contributed by atoms with Crippen LogP contribution in [0.25, 0.3) is 0 Å². The maximum absolute atomic E-state index is 11.7. The van der Waals surface area contributed by atoms with Crippen LogP contribution >= 0.6 is 0 Å². The van der Waals surface area contributed by atoms with Gasteiger partial charge in [-0.1, -0.05) is 30.3 Å². The zero-order chi connectivity index (χ0) is 12.5. The smallest absolute Gasteiger partial charge is 0.237 e. The minimum Gasteiger partial charge on any atom is -0.351 e. The predicted octanol–water partition coefficient (Wildman–Crippen LogP) is 0.630. The van der Waals surface area contributed by atoms with Crippen LogP contribution in [-0.4, -0.2) is 25.0 Å². The maximum atomic E-state index is 11.7. The normalized spacial score (nSPS) is 12.1. The summed E-state index contributed by atoms with van der Waals surface area (Å²) in [6, 6.07) is 9.70. The molecule has 0 radical (unpaired) electrons. The van der Waals surface area contributed by atoms with Gasteiger partial charge in [0.1, 0.15) is 0 Å². The zero-order valence-corrected chi connectivity index (χ0v) is 10.3. The molecule has 4 nitrogen and oxygen atoms in total. The molecule has 4 N–H and O–H groups in total. The summed E-state index contributed by atoms with van der Waals surface area (Å²) in [6.07, 6.45) is 0.885. The molecule has 0 aromatic heterocycles. The third-order valence-corrected chi connectivity index (χ3v) is 2.53. The van der Waals surface area contributed by atoms with Gasteiger partial charge in [-0.25, -0.2) is 0 Å². The molecule has 4 heteroatoms. The maximum Gasteiger partial charge on any atom is 0.237 e. The summed E-state index contributed by atoms with van der Waals surface area (Å²) in [7, 11) is 0. The van der Waals surface area contributed by atoms with E-state index in [1.54, 1.807) is 0 Å². The second kappa shape index (κ2) is 7.81. The van der Waals surface area contributed by atoms with Crippen molar-refractivity contribution in [1.82, 2.24) is 10.6 Å². The van der Waals surface area contributed by atoms with Crippen LogP contribution in [0, 0.1) is 0 Å². The molecule has 0 saturated heterocycles. The molecule has 0 saturated carbocycles. The molecular weight excluding hydrogens is 214 g/mol. The van der Waals surface area contributed by atoms with E-state index in [-0.39, 0.29) is 11.9 Å². The third-order valence-electron chi connectivity index (χ3n) is 2.53. The number of carbonyl (C=O) groups is 1. The van der Waals surface area contributed by atoms with Gasteiger partial charge in [0.15, 0.2) is 0 Å². The second-order valence-corrected chi connectivity index (χ2v) is 4.02. The molecule has 1 aromatic carbocycles. The van der Waals surface area contributed by atoms with Crippen LogP contribution in [0.2, 0.25) is 0 Å². The molecular formula is C13H21N3O. The van der Waals surface area contributed by atoms with Crippen molar-refractivity contribution in [1.29, 1.82) is 0 Å². The SMILES string of the molecule is C[C@H](NCCCN)C(=O)NCc1ccccc1. The quantitative estimate of drug-likeness (QED) is 0.607. The molecule has 0 bridgehead atoms. The minimum atomic E-state index is -0.176. The number of carbonyl (C=O) groups excluding carboxylic acids is 1. The third kappa shape index (κ3) is 5.47. The van der Waals surface area contributed by atoms with Crippen molar-refractivity contribution in [2.24, 2.45) is 5.73 Å². The number of hydrogen-bond acceptors (Lipinski definition) is 3. The molecule has 0 heterocycles. The first-order valence-electron chi connectivity index (χ1n) is 5.99. The number of rotatable bonds is 7. The van der Waals surface area contributed by atoms with E-state index in [4.69, 9.17) is 5.73 Å². The fourth-order valence-electron chi connectivity index (χ4n) is 1.45. The number of nitrogens with two attached hydrogens (primary N) is 1. The molecule has 1 atom stereocenters. The Morgan fingerprint density at radius 1 is 1.35 bits per heavy atom. The fraction of sp³-hybridized carbons (Fsp3) is 0.462. The summed E-state index contributed by atoms with van der Waals surface area (Å²) >= 11 is 0. The van der Waals surface area contributed by atoms with E-state index < -0.39 is 0 Å². The summed E-state index contributed by atoms with van der Waals surface area (Å²) in [5.41, 5.74) is 6.49. The van der Waals surface area contributed by atoms with Crippen molar-refractivity contribution in [2.45, 2.75) is 25.9 Å². The summed E-state index contributed by atoms with van der Waals surface area (Å²) < 4.78 is 0. The van der Waals surface area contributed by atoms with Crippen LogP contribution < -0.4 is 16.4 Å².